The quantitative estimate of drug-likeness (QED) is 0.258. The minimum Gasteiger partial charge on any atom is -0.375 e. The van der Waals surface area contributed by atoms with Crippen molar-refractivity contribution in [3.05, 3.63) is 71.8 Å². The topological polar surface area (TPSA) is 107 Å². The van der Waals surface area contributed by atoms with E-state index >= 15 is 0 Å². The van der Waals surface area contributed by atoms with Crippen LogP contribution in [0, 0.1) is 0 Å². The molecule has 226 valence electrons. The SMILES string of the molecule is O=C1CN2CCN1CCN(C(COO)COCc1ccccc1)CCN(C(COO)COCc1ccccc1)CC2. The summed E-state index contributed by atoms with van der Waals surface area (Å²) >= 11 is 0. The Morgan fingerprint density at radius 1 is 0.610 bits per heavy atom. The maximum Gasteiger partial charge on any atom is 0.236 e. The summed E-state index contributed by atoms with van der Waals surface area (Å²) in [5, 5.41) is 18.8. The molecule has 41 heavy (non-hydrogen) atoms. The second kappa shape index (κ2) is 17.5. The van der Waals surface area contributed by atoms with E-state index in [1.54, 1.807) is 0 Å². The van der Waals surface area contributed by atoms with Crippen LogP contribution in [0.1, 0.15) is 11.1 Å². The van der Waals surface area contributed by atoms with E-state index in [1.165, 1.54) is 0 Å². The molecule has 3 heterocycles. The van der Waals surface area contributed by atoms with Crippen LogP contribution in [0.4, 0.5) is 0 Å². The number of carbonyl (C=O) groups is 1. The van der Waals surface area contributed by atoms with Gasteiger partial charge in [-0.3, -0.25) is 30.0 Å². The molecule has 0 radical (unpaired) electrons. The molecule has 2 bridgehead atoms. The van der Waals surface area contributed by atoms with Crippen molar-refractivity contribution in [1.82, 2.24) is 19.6 Å². The average molecular weight is 573 g/mol. The molecule has 3 saturated heterocycles. The number of fused-ring (bicyclic) bond motifs is 9. The Morgan fingerprint density at radius 2 is 1.05 bits per heavy atom. The summed E-state index contributed by atoms with van der Waals surface area (Å²) in [6.45, 7) is 7.68. The van der Waals surface area contributed by atoms with Gasteiger partial charge in [0.15, 0.2) is 0 Å². The van der Waals surface area contributed by atoms with E-state index in [4.69, 9.17) is 9.47 Å². The fourth-order valence-corrected chi connectivity index (χ4v) is 5.38. The smallest absolute Gasteiger partial charge is 0.236 e. The van der Waals surface area contributed by atoms with Crippen molar-refractivity contribution in [1.29, 1.82) is 0 Å². The highest BCUT2D eigenvalue weighted by atomic mass is 17.1. The highest BCUT2D eigenvalue weighted by Crippen LogP contribution is 2.13. The Kier molecular flexibility index (Phi) is 13.4. The molecule has 3 fully saturated rings. The van der Waals surface area contributed by atoms with Crippen molar-refractivity contribution in [3.8, 4) is 0 Å². The van der Waals surface area contributed by atoms with Crippen molar-refractivity contribution in [2.45, 2.75) is 25.3 Å². The molecule has 0 saturated carbocycles. The number of amides is 1. The number of hydrogen-bond donors (Lipinski definition) is 2. The Bertz CT molecular complexity index is 1000. The van der Waals surface area contributed by atoms with Crippen molar-refractivity contribution < 1.29 is 34.6 Å². The largest absolute Gasteiger partial charge is 0.375 e. The van der Waals surface area contributed by atoms with Gasteiger partial charge in [0.2, 0.25) is 5.91 Å². The maximum atomic E-state index is 12.9. The molecule has 3 unspecified atom stereocenters. The molecule has 2 aromatic carbocycles. The summed E-state index contributed by atoms with van der Waals surface area (Å²) in [5.74, 6) is 0.125. The molecule has 0 aliphatic carbocycles. The lowest BCUT2D eigenvalue weighted by Crippen LogP contribution is -2.57. The van der Waals surface area contributed by atoms with E-state index in [0.717, 1.165) is 24.2 Å². The van der Waals surface area contributed by atoms with E-state index in [2.05, 4.69) is 24.5 Å². The van der Waals surface area contributed by atoms with Crippen LogP contribution < -0.4 is 0 Å². The first-order valence-electron chi connectivity index (χ1n) is 14.4. The molecular formula is C30H44N4O7. The summed E-state index contributed by atoms with van der Waals surface area (Å²) in [5.41, 5.74) is 2.15. The highest BCUT2D eigenvalue weighted by molar-refractivity contribution is 5.79. The molecule has 11 nitrogen and oxygen atoms in total. The standard InChI is InChI=1S/C30H44N4O7/c35-30-19-31-11-13-32(28(24-40-36)22-38-20-26-7-3-1-4-8-26)15-16-33(17-18-34(30)14-12-31)29(25-41-37)23-39-21-27-9-5-2-6-10-27/h1-10,28-29,36-37H,11-25H2. The van der Waals surface area contributed by atoms with Crippen LogP contribution in [0.2, 0.25) is 0 Å². The molecule has 0 spiro atoms. The van der Waals surface area contributed by atoms with Gasteiger partial charge in [0.25, 0.3) is 0 Å². The van der Waals surface area contributed by atoms with Crippen LogP contribution in [0.3, 0.4) is 0 Å². The van der Waals surface area contributed by atoms with Crippen molar-refractivity contribution in [3.63, 3.8) is 0 Å². The number of carbonyl (C=O) groups excluding carboxylic acids is 1. The molecule has 3 aliphatic rings. The predicted octanol–water partition coefficient (Wildman–Crippen LogP) is 1.90. The second-order valence-corrected chi connectivity index (χ2v) is 10.6. The molecule has 1 amide bonds. The van der Waals surface area contributed by atoms with Crippen LogP contribution in [-0.2, 0) is 37.3 Å². The lowest BCUT2D eigenvalue weighted by molar-refractivity contribution is -0.256. The average Bonchev–Trinajstić information content (AvgIpc) is 2.99. The zero-order valence-corrected chi connectivity index (χ0v) is 23.8. The number of rotatable bonds is 14. The summed E-state index contributed by atoms with van der Waals surface area (Å²) in [7, 11) is 0. The fourth-order valence-electron chi connectivity index (χ4n) is 5.38. The zero-order valence-electron chi connectivity index (χ0n) is 23.8. The normalized spacial score (nSPS) is 20.9. The number of ether oxygens (including phenoxy) is 2. The third-order valence-electron chi connectivity index (χ3n) is 7.84. The number of piperazine rings is 1. The van der Waals surface area contributed by atoms with Gasteiger partial charge in [0.1, 0.15) is 0 Å². The van der Waals surface area contributed by atoms with E-state index in [-0.39, 0.29) is 31.2 Å². The van der Waals surface area contributed by atoms with E-state index in [9.17, 15) is 15.3 Å². The van der Waals surface area contributed by atoms with Crippen LogP contribution >= 0.6 is 0 Å². The number of nitrogens with zero attached hydrogens (tertiary/aromatic N) is 4. The summed E-state index contributed by atoms with van der Waals surface area (Å²) in [6.07, 6.45) is 0. The van der Waals surface area contributed by atoms with Gasteiger partial charge in [-0.2, -0.15) is 0 Å². The van der Waals surface area contributed by atoms with Gasteiger partial charge < -0.3 is 14.4 Å². The number of hydrogen-bond acceptors (Lipinski definition) is 10. The minimum atomic E-state index is -0.216. The molecule has 2 N–H and O–H groups in total. The third-order valence-corrected chi connectivity index (χ3v) is 7.84. The first kappa shape index (κ1) is 31.5. The summed E-state index contributed by atoms with van der Waals surface area (Å²) < 4.78 is 12.1. The van der Waals surface area contributed by atoms with E-state index in [0.29, 0.717) is 72.2 Å². The highest BCUT2D eigenvalue weighted by Gasteiger charge is 2.29. The van der Waals surface area contributed by atoms with Crippen LogP contribution in [-0.4, -0.2) is 133 Å². The van der Waals surface area contributed by atoms with Crippen molar-refractivity contribution in [2.24, 2.45) is 0 Å². The van der Waals surface area contributed by atoms with Gasteiger partial charge in [-0.25, -0.2) is 9.78 Å². The Morgan fingerprint density at radius 3 is 1.54 bits per heavy atom. The minimum absolute atomic E-state index is 0.0832. The van der Waals surface area contributed by atoms with Gasteiger partial charge >= 0.3 is 0 Å². The van der Waals surface area contributed by atoms with E-state index < -0.39 is 0 Å². The van der Waals surface area contributed by atoms with Gasteiger partial charge in [-0.1, -0.05) is 60.7 Å². The Hall–Kier alpha value is -2.45. The Labute approximate surface area is 242 Å². The van der Waals surface area contributed by atoms with Crippen LogP contribution in [0.25, 0.3) is 0 Å². The summed E-state index contributed by atoms with van der Waals surface area (Å²) in [4.78, 5) is 30.8. The maximum absolute atomic E-state index is 12.9. The lowest BCUT2D eigenvalue weighted by Gasteiger charge is -2.41. The van der Waals surface area contributed by atoms with Gasteiger partial charge in [-0.05, 0) is 11.1 Å². The Balaban J connectivity index is 1.44. The molecule has 0 aromatic heterocycles. The molecule has 5 rings (SSSR count). The lowest BCUT2D eigenvalue weighted by atomic mass is 10.2. The second-order valence-electron chi connectivity index (χ2n) is 10.6. The monoisotopic (exact) mass is 572 g/mol. The van der Waals surface area contributed by atoms with Crippen LogP contribution in [0.5, 0.6) is 0 Å². The zero-order chi connectivity index (χ0) is 28.7. The van der Waals surface area contributed by atoms with Gasteiger partial charge in [0, 0.05) is 52.4 Å². The first-order chi connectivity index (χ1) is 20.2. The predicted molar refractivity (Wildman–Crippen MR) is 153 cm³/mol. The van der Waals surface area contributed by atoms with E-state index in [1.807, 2.05) is 65.6 Å². The summed E-state index contributed by atoms with van der Waals surface area (Å²) in [6, 6.07) is 19.5. The first-order valence-corrected chi connectivity index (χ1v) is 14.4. The van der Waals surface area contributed by atoms with Crippen molar-refractivity contribution >= 4 is 5.91 Å². The fraction of sp³-hybridized carbons (Fsp3) is 0.567. The van der Waals surface area contributed by atoms with Crippen molar-refractivity contribution in [2.75, 3.05) is 85.3 Å². The molecule has 11 heteroatoms. The molecule has 3 aliphatic heterocycles. The van der Waals surface area contributed by atoms with Gasteiger partial charge in [0.05, 0.1) is 58.3 Å². The third kappa shape index (κ3) is 10.4. The number of benzene rings is 2. The van der Waals surface area contributed by atoms with Crippen LogP contribution in [0.15, 0.2) is 60.7 Å². The van der Waals surface area contributed by atoms with Gasteiger partial charge in [-0.15, -0.1) is 0 Å². The molecular weight excluding hydrogens is 528 g/mol. The molecule has 3 atom stereocenters. The molecule has 2 aromatic rings.